The third-order valence-electron chi connectivity index (χ3n) is 7.90. The van der Waals surface area contributed by atoms with E-state index in [1.54, 1.807) is 54.0 Å². The zero-order chi connectivity index (χ0) is 32.4. The lowest BCUT2D eigenvalue weighted by Crippen LogP contribution is -2.49. The lowest BCUT2D eigenvalue weighted by atomic mass is 10.1. The highest BCUT2D eigenvalue weighted by atomic mass is 35.5. The predicted molar refractivity (Wildman–Crippen MR) is 177 cm³/mol. The number of carboxylic acids is 1. The summed E-state index contributed by atoms with van der Waals surface area (Å²) in [4.78, 5) is 49.6. The second-order valence-electron chi connectivity index (χ2n) is 11.0. The Balaban J connectivity index is 1.25. The molecule has 46 heavy (non-hydrogen) atoms. The largest absolute Gasteiger partial charge is 0.481 e. The van der Waals surface area contributed by atoms with Crippen LogP contribution in [0.2, 0.25) is 10.0 Å². The third-order valence-corrected chi connectivity index (χ3v) is 9.75. The van der Waals surface area contributed by atoms with Crippen molar-refractivity contribution in [2.75, 3.05) is 11.9 Å². The molecule has 1 aliphatic rings. The molecule has 10 nitrogen and oxygen atoms in total. The Kier molecular flexibility index (Phi) is 8.99. The number of ether oxygens (including phenoxy) is 1. The first kappa shape index (κ1) is 31.5. The van der Waals surface area contributed by atoms with Gasteiger partial charge in [0.2, 0.25) is 11.6 Å². The summed E-state index contributed by atoms with van der Waals surface area (Å²) in [5.41, 5.74) is 1.02. The second-order valence-corrected chi connectivity index (χ2v) is 12.9. The molecule has 1 atom stereocenters. The first-order chi connectivity index (χ1) is 22.1. The summed E-state index contributed by atoms with van der Waals surface area (Å²) in [6.45, 7) is 0.410. The van der Waals surface area contributed by atoms with Gasteiger partial charge in [0.05, 0.1) is 35.3 Å². The van der Waals surface area contributed by atoms with Crippen LogP contribution in [0.5, 0.6) is 5.75 Å². The van der Waals surface area contributed by atoms with E-state index < -0.39 is 11.7 Å². The SMILES string of the molecule is Cn1cc(C(=O)Nc2cc(Cl)c(CC(=O)N3CCC[C@]3(Oc3cccnc3)c3ncc(CCC(=O)O)s3)cc2Cl)c2ccccc21. The zero-order valence-corrected chi connectivity index (χ0v) is 27.0. The van der Waals surface area contributed by atoms with Crippen LogP contribution in [-0.4, -0.2) is 48.9 Å². The fourth-order valence-electron chi connectivity index (χ4n) is 5.72. The number of carboxylic acid groups (broad SMARTS) is 1. The minimum absolute atomic E-state index is 0.0294. The molecular formula is C33H29Cl2N5O5S. The number of carbonyl (C=O) groups excluding carboxylic acids is 2. The van der Waals surface area contributed by atoms with Crippen molar-refractivity contribution < 1.29 is 24.2 Å². The van der Waals surface area contributed by atoms with E-state index in [1.165, 1.54) is 11.3 Å². The third kappa shape index (κ3) is 6.31. The number of aryl methyl sites for hydroxylation is 2. The standard InChI is InChI=1S/C33H29Cl2N5O5S/c1-39-19-24(23-7-2-3-8-28(23)39)31(44)38-27-16-25(34)20(14-26(27)35)15-29(41)40-13-5-11-33(40,45-21-6-4-12-36-17-21)32-37-18-22(46-32)9-10-30(42)43/h2-4,6-8,12,14,16-19H,5,9-11,13,15H2,1H3,(H,38,44)(H,42,43)/t33-/m0/s1. The van der Waals surface area contributed by atoms with E-state index in [-0.39, 0.29) is 34.7 Å². The maximum absolute atomic E-state index is 14.0. The molecule has 13 heteroatoms. The molecule has 6 rings (SSSR count). The second kappa shape index (κ2) is 13.1. The summed E-state index contributed by atoms with van der Waals surface area (Å²) < 4.78 is 8.40. The molecule has 3 aromatic heterocycles. The monoisotopic (exact) mass is 677 g/mol. The van der Waals surface area contributed by atoms with Crippen LogP contribution in [0.4, 0.5) is 5.69 Å². The van der Waals surface area contributed by atoms with Gasteiger partial charge in [0, 0.05) is 59.4 Å². The summed E-state index contributed by atoms with van der Waals surface area (Å²) in [6.07, 6.45) is 7.95. The average Bonchev–Trinajstić information content (AvgIpc) is 3.77. The van der Waals surface area contributed by atoms with Crippen LogP contribution < -0.4 is 10.1 Å². The van der Waals surface area contributed by atoms with Crippen LogP contribution in [0.25, 0.3) is 10.9 Å². The molecule has 2 amide bonds. The zero-order valence-electron chi connectivity index (χ0n) is 24.7. The highest BCUT2D eigenvalue weighted by Gasteiger charge is 2.50. The van der Waals surface area contributed by atoms with Gasteiger partial charge < -0.3 is 19.7 Å². The number of rotatable bonds is 10. The molecule has 0 bridgehead atoms. The number of fused-ring (bicyclic) bond motifs is 1. The summed E-state index contributed by atoms with van der Waals surface area (Å²) >= 11 is 14.6. The van der Waals surface area contributed by atoms with Crippen LogP contribution >= 0.6 is 34.5 Å². The number of nitrogens with one attached hydrogen (secondary N) is 1. The van der Waals surface area contributed by atoms with Crippen LogP contribution in [-0.2, 0) is 35.2 Å². The Morgan fingerprint density at radius 2 is 1.93 bits per heavy atom. The number of nitrogens with zero attached hydrogens (tertiary/aromatic N) is 4. The summed E-state index contributed by atoms with van der Waals surface area (Å²) in [7, 11) is 1.87. The Hall–Kier alpha value is -4.45. The highest BCUT2D eigenvalue weighted by Crippen LogP contribution is 2.43. The van der Waals surface area contributed by atoms with Crippen LogP contribution in [0.15, 0.2) is 73.3 Å². The summed E-state index contributed by atoms with van der Waals surface area (Å²) in [6, 6.07) is 14.2. The van der Waals surface area contributed by atoms with Gasteiger partial charge in [0.1, 0.15) is 5.75 Å². The van der Waals surface area contributed by atoms with Crippen LogP contribution in [0.3, 0.4) is 0 Å². The van der Waals surface area contributed by atoms with Gasteiger partial charge in [-0.05, 0) is 48.7 Å². The number of aliphatic carboxylic acids is 1. The van der Waals surface area contributed by atoms with Crippen molar-refractivity contribution in [3.05, 3.63) is 104 Å². The van der Waals surface area contributed by atoms with E-state index in [0.717, 1.165) is 15.8 Å². The lowest BCUT2D eigenvalue weighted by Gasteiger charge is -2.37. The number of carbonyl (C=O) groups is 3. The van der Waals surface area contributed by atoms with Gasteiger partial charge in [-0.25, -0.2) is 4.98 Å². The van der Waals surface area contributed by atoms with E-state index in [2.05, 4.69) is 15.3 Å². The quantitative estimate of drug-likeness (QED) is 0.168. The van der Waals surface area contributed by atoms with E-state index in [0.29, 0.717) is 53.4 Å². The molecular weight excluding hydrogens is 649 g/mol. The number of anilines is 1. The number of likely N-dealkylation sites (tertiary alicyclic amines) is 1. The first-order valence-corrected chi connectivity index (χ1v) is 16.1. The maximum Gasteiger partial charge on any atom is 0.303 e. The number of amides is 2. The molecule has 0 unspecified atom stereocenters. The van der Waals surface area contributed by atoms with Crippen molar-refractivity contribution in [3.63, 3.8) is 0 Å². The minimum atomic E-state index is -1.21. The number of hydrogen-bond acceptors (Lipinski definition) is 7. The van der Waals surface area contributed by atoms with Crippen molar-refractivity contribution in [2.45, 2.75) is 37.8 Å². The predicted octanol–water partition coefficient (Wildman–Crippen LogP) is 6.70. The summed E-state index contributed by atoms with van der Waals surface area (Å²) in [5, 5.41) is 13.9. The maximum atomic E-state index is 14.0. The number of para-hydroxylation sites is 1. The number of benzene rings is 2. The van der Waals surface area contributed by atoms with Gasteiger partial charge in [-0.1, -0.05) is 41.4 Å². The number of halogens is 2. The smallest absolute Gasteiger partial charge is 0.303 e. The van der Waals surface area contributed by atoms with Gasteiger partial charge in [-0.3, -0.25) is 24.3 Å². The van der Waals surface area contributed by atoms with Gasteiger partial charge in [0.25, 0.3) is 5.91 Å². The highest BCUT2D eigenvalue weighted by molar-refractivity contribution is 7.11. The molecule has 236 valence electrons. The van der Waals surface area contributed by atoms with E-state index in [4.69, 9.17) is 33.0 Å². The van der Waals surface area contributed by atoms with Crippen molar-refractivity contribution in [1.82, 2.24) is 19.4 Å². The molecule has 0 radical (unpaired) electrons. The fourth-order valence-corrected chi connectivity index (χ4v) is 7.26. The van der Waals surface area contributed by atoms with E-state index in [1.807, 2.05) is 35.9 Å². The minimum Gasteiger partial charge on any atom is -0.481 e. The molecule has 1 saturated heterocycles. The molecule has 2 N–H and O–H groups in total. The fraction of sp³-hybridized carbons (Fsp3) is 0.242. The Labute approximate surface area is 278 Å². The van der Waals surface area contributed by atoms with Crippen molar-refractivity contribution in [3.8, 4) is 5.75 Å². The molecule has 4 heterocycles. The van der Waals surface area contributed by atoms with E-state index in [9.17, 15) is 14.4 Å². The molecule has 0 spiro atoms. The molecule has 1 aliphatic heterocycles. The van der Waals surface area contributed by atoms with Gasteiger partial charge in [-0.2, -0.15) is 0 Å². The van der Waals surface area contributed by atoms with Gasteiger partial charge >= 0.3 is 5.97 Å². The number of hydrogen-bond donors (Lipinski definition) is 2. The number of pyridine rings is 1. The number of aromatic nitrogens is 3. The molecule has 0 aliphatic carbocycles. The Bertz CT molecular complexity index is 1950. The van der Waals surface area contributed by atoms with Crippen molar-refractivity contribution in [1.29, 1.82) is 0 Å². The van der Waals surface area contributed by atoms with Gasteiger partial charge in [-0.15, -0.1) is 11.3 Å². The topological polar surface area (TPSA) is 127 Å². The van der Waals surface area contributed by atoms with Crippen molar-refractivity contribution in [2.24, 2.45) is 7.05 Å². The molecule has 2 aromatic carbocycles. The average molecular weight is 679 g/mol. The van der Waals surface area contributed by atoms with Crippen molar-refractivity contribution >= 4 is 68.9 Å². The van der Waals surface area contributed by atoms with Crippen LogP contribution in [0, 0.1) is 0 Å². The number of thiazole rings is 1. The summed E-state index contributed by atoms with van der Waals surface area (Å²) in [5.74, 6) is -1.02. The van der Waals surface area contributed by atoms with Crippen LogP contribution in [0.1, 0.15) is 45.1 Å². The molecule has 0 saturated carbocycles. The molecule has 1 fully saturated rings. The Morgan fingerprint density at radius 3 is 2.72 bits per heavy atom. The normalized spacial score (nSPS) is 16.1. The molecule has 5 aromatic rings. The first-order valence-electron chi connectivity index (χ1n) is 14.5. The lowest BCUT2D eigenvalue weighted by molar-refractivity contribution is -0.148. The van der Waals surface area contributed by atoms with E-state index >= 15 is 0 Å². The van der Waals surface area contributed by atoms with Gasteiger partial charge in [0.15, 0.2) is 5.01 Å². The Morgan fingerprint density at radius 1 is 1.11 bits per heavy atom.